The SMILES string of the molecule is C[C@H]1CCCC[C@H]1NC(=O)NC(=O)COC(=O)COc1ccccc1C(N)=O. The Morgan fingerprint density at radius 1 is 1.11 bits per heavy atom. The van der Waals surface area contributed by atoms with Crippen molar-refractivity contribution in [3.05, 3.63) is 29.8 Å². The van der Waals surface area contributed by atoms with Gasteiger partial charge in [-0.05, 0) is 30.9 Å². The maximum absolute atomic E-state index is 11.9. The number of benzene rings is 1. The van der Waals surface area contributed by atoms with E-state index in [1.165, 1.54) is 12.1 Å². The first kappa shape index (κ1) is 21.2. The zero-order chi connectivity index (χ0) is 20.5. The van der Waals surface area contributed by atoms with E-state index in [2.05, 4.69) is 17.6 Å². The van der Waals surface area contributed by atoms with Crippen LogP contribution in [0, 0.1) is 5.92 Å². The number of para-hydroxylation sites is 1. The number of rotatable bonds is 7. The number of urea groups is 1. The molecule has 1 aliphatic rings. The number of esters is 1. The van der Waals surface area contributed by atoms with Crippen molar-refractivity contribution in [2.24, 2.45) is 11.7 Å². The highest BCUT2D eigenvalue weighted by Gasteiger charge is 2.23. The molecule has 1 aromatic carbocycles. The molecule has 0 aromatic heterocycles. The van der Waals surface area contributed by atoms with Crippen molar-refractivity contribution in [1.29, 1.82) is 0 Å². The lowest BCUT2D eigenvalue weighted by atomic mass is 9.86. The molecule has 28 heavy (non-hydrogen) atoms. The van der Waals surface area contributed by atoms with Gasteiger partial charge in [-0.15, -0.1) is 0 Å². The lowest BCUT2D eigenvalue weighted by Gasteiger charge is -2.29. The topological polar surface area (TPSA) is 137 Å². The predicted octanol–water partition coefficient (Wildman–Crippen LogP) is 1.11. The third-order valence-electron chi connectivity index (χ3n) is 4.54. The molecule has 4 N–H and O–H groups in total. The van der Waals surface area contributed by atoms with Crippen molar-refractivity contribution in [3.8, 4) is 5.75 Å². The molecule has 1 aromatic rings. The van der Waals surface area contributed by atoms with Gasteiger partial charge >= 0.3 is 12.0 Å². The zero-order valence-electron chi connectivity index (χ0n) is 15.7. The molecule has 1 fully saturated rings. The minimum Gasteiger partial charge on any atom is -0.481 e. The van der Waals surface area contributed by atoms with E-state index >= 15 is 0 Å². The van der Waals surface area contributed by atoms with E-state index in [0.29, 0.717) is 5.92 Å². The van der Waals surface area contributed by atoms with Gasteiger partial charge in [-0.2, -0.15) is 0 Å². The van der Waals surface area contributed by atoms with Crippen molar-refractivity contribution in [2.75, 3.05) is 13.2 Å². The van der Waals surface area contributed by atoms with Gasteiger partial charge in [0, 0.05) is 6.04 Å². The van der Waals surface area contributed by atoms with E-state index in [9.17, 15) is 19.2 Å². The summed E-state index contributed by atoms with van der Waals surface area (Å²) in [6.07, 6.45) is 4.10. The van der Waals surface area contributed by atoms with Gasteiger partial charge in [-0.3, -0.25) is 14.9 Å². The summed E-state index contributed by atoms with van der Waals surface area (Å²) >= 11 is 0. The monoisotopic (exact) mass is 391 g/mol. The summed E-state index contributed by atoms with van der Waals surface area (Å²) in [5.74, 6) is -1.77. The second-order valence-electron chi connectivity index (χ2n) is 6.70. The summed E-state index contributed by atoms with van der Waals surface area (Å²) < 4.78 is 9.97. The summed E-state index contributed by atoms with van der Waals surface area (Å²) in [6, 6.07) is 5.59. The summed E-state index contributed by atoms with van der Waals surface area (Å²) in [7, 11) is 0. The van der Waals surface area contributed by atoms with Crippen LogP contribution in [-0.4, -0.2) is 43.1 Å². The van der Waals surface area contributed by atoms with Gasteiger partial charge in [0.15, 0.2) is 13.2 Å². The maximum atomic E-state index is 11.9. The van der Waals surface area contributed by atoms with Crippen LogP contribution in [0.25, 0.3) is 0 Å². The van der Waals surface area contributed by atoms with Gasteiger partial charge in [0.25, 0.3) is 11.8 Å². The van der Waals surface area contributed by atoms with E-state index in [1.54, 1.807) is 12.1 Å². The standard InChI is InChI=1S/C19H25N3O6/c1-12-6-2-4-8-14(12)21-19(26)22-16(23)10-28-17(24)11-27-15-9-5-3-7-13(15)18(20)25/h3,5,7,9,12,14H,2,4,6,8,10-11H2,1H3,(H2,20,25)(H2,21,22,23,26)/t12-,14+/m0/s1. The summed E-state index contributed by atoms with van der Waals surface area (Å²) in [6.45, 7) is 0.931. The quantitative estimate of drug-likeness (QED) is 0.596. The van der Waals surface area contributed by atoms with Crippen molar-refractivity contribution in [1.82, 2.24) is 10.6 Å². The highest BCUT2D eigenvalue weighted by atomic mass is 16.6. The fourth-order valence-corrected chi connectivity index (χ4v) is 3.02. The molecule has 9 nitrogen and oxygen atoms in total. The van der Waals surface area contributed by atoms with Crippen LogP contribution < -0.4 is 21.1 Å². The van der Waals surface area contributed by atoms with Crippen LogP contribution in [0.5, 0.6) is 5.75 Å². The molecular weight excluding hydrogens is 366 g/mol. The summed E-state index contributed by atoms with van der Waals surface area (Å²) in [5.41, 5.74) is 5.34. The van der Waals surface area contributed by atoms with E-state index in [-0.39, 0.29) is 17.4 Å². The van der Waals surface area contributed by atoms with E-state index < -0.39 is 37.0 Å². The Bertz CT molecular complexity index is 736. The Kier molecular flexibility index (Phi) is 7.79. The molecule has 4 amide bonds. The first-order valence-electron chi connectivity index (χ1n) is 9.14. The minimum absolute atomic E-state index is 0.0304. The number of amides is 4. The molecule has 0 spiro atoms. The predicted molar refractivity (Wildman–Crippen MR) is 99.5 cm³/mol. The number of ether oxygens (including phenoxy) is 2. The molecule has 0 aliphatic heterocycles. The van der Waals surface area contributed by atoms with Crippen LogP contribution in [0.3, 0.4) is 0 Å². The smallest absolute Gasteiger partial charge is 0.344 e. The molecule has 9 heteroatoms. The average molecular weight is 391 g/mol. The average Bonchev–Trinajstić information content (AvgIpc) is 2.66. The highest BCUT2D eigenvalue weighted by molar-refractivity contribution is 5.96. The molecule has 0 radical (unpaired) electrons. The van der Waals surface area contributed by atoms with Crippen LogP contribution >= 0.6 is 0 Å². The van der Waals surface area contributed by atoms with Crippen molar-refractivity contribution >= 4 is 23.8 Å². The van der Waals surface area contributed by atoms with Gasteiger partial charge in [-0.25, -0.2) is 9.59 Å². The van der Waals surface area contributed by atoms with Gasteiger partial charge < -0.3 is 20.5 Å². The fourth-order valence-electron chi connectivity index (χ4n) is 3.02. The van der Waals surface area contributed by atoms with E-state index in [4.69, 9.17) is 15.2 Å². The normalized spacial score (nSPS) is 18.6. The third kappa shape index (κ3) is 6.57. The number of primary amides is 1. The molecule has 152 valence electrons. The number of hydrogen-bond acceptors (Lipinski definition) is 6. The van der Waals surface area contributed by atoms with Gasteiger partial charge in [0.1, 0.15) is 5.75 Å². The minimum atomic E-state index is -0.823. The summed E-state index contributed by atoms with van der Waals surface area (Å²) in [5, 5.41) is 4.90. The molecule has 0 unspecified atom stereocenters. The first-order chi connectivity index (χ1) is 13.4. The van der Waals surface area contributed by atoms with Crippen molar-refractivity contribution < 1.29 is 28.7 Å². The molecule has 2 atom stereocenters. The third-order valence-corrected chi connectivity index (χ3v) is 4.54. The van der Waals surface area contributed by atoms with Crippen LogP contribution in [0.1, 0.15) is 43.0 Å². The van der Waals surface area contributed by atoms with Crippen LogP contribution in [0.4, 0.5) is 4.79 Å². The number of imide groups is 1. The molecule has 0 saturated heterocycles. The largest absolute Gasteiger partial charge is 0.481 e. The van der Waals surface area contributed by atoms with Gasteiger partial charge in [-0.1, -0.05) is 31.9 Å². The van der Waals surface area contributed by atoms with E-state index in [1.807, 2.05) is 0 Å². The Hall–Kier alpha value is -3.10. The lowest BCUT2D eigenvalue weighted by Crippen LogP contribution is -2.48. The van der Waals surface area contributed by atoms with Crippen molar-refractivity contribution in [2.45, 2.75) is 38.6 Å². The molecule has 0 bridgehead atoms. The first-order valence-corrected chi connectivity index (χ1v) is 9.14. The van der Waals surface area contributed by atoms with Gasteiger partial charge in [0.2, 0.25) is 0 Å². The lowest BCUT2D eigenvalue weighted by molar-refractivity contribution is -0.150. The Morgan fingerprint density at radius 2 is 1.82 bits per heavy atom. The number of hydrogen-bond donors (Lipinski definition) is 3. The number of nitrogens with one attached hydrogen (secondary N) is 2. The van der Waals surface area contributed by atoms with Gasteiger partial charge in [0.05, 0.1) is 5.56 Å². The molecule has 0 heterocycles. The second kappa shape index (κ2) is 10.3. The fraction of sp³-hybridized carbons (Fsp3) is 0.474. The van der Waals surface area contributed by atoms with Crippen LogP contribution in [-0.2, 0) is 14.3 Å². The zero-order valence-corrected chi connectivity index (χ0v) is 15.7. The second-order valence-corrected chi connectivity index (χ2v) is 6.70. The summed E-state index contributed by atoms with van der Waals surface area (Å²) in [4.78, 5) is 46.6. The highest BCUT2D eigenvalue weighted by Crippen LogP contribution is 2.23. The van der Waals surface area contributed by atoms with Crippen LogP contribution in [0.2, 0.25) is 0 Å². The Morgan fingerprint density at radius 3 is 2.54 bits per heavy atom. The number of carbonyl (C=O) groups excluding carboxylic acids is 4. The van der Waals surface area contributed by atoms with Crippen molar-refractivity contribution in [3.63, 3.8) is 0 Å². The Labute approximate surface area is 162 Å². The van der Waals surface area contributed by atoms with E-state index in [0.717, 1.165) is 25.7 Å². The molecule has 1 saturated carbocycles. The molecule has 2 rings (SSSR count). The number of nitrogens with two attached hydrogens (primary N) is 1. The maximum Gasteiger partial charge on any atom is 0.344 e. The molecular formula is C19H25N3O6. The van der Waals surface area contributed by atoms with Crippen LogP contribution in [0.15, 0.2) is 24.3 Å². The molecule has 1 aliphatic carbocycles. The number of carbonyl (C=O) groups is 4. The Balaban J connectivity index is 1.70.